The summed E-state index contributed by atoms with van der Waals surface area (Å²) in [4.78, 5) is 36.0. The molecule has 0 spiro atoms. The molecule has 2 N–H and O–H groups in total. The van der Waals surface area contributed by atoms with E-state index in [1.54, 1.807) is 13.1 Å². The highest BCUT2D eigenvalue weighted by Gasteiger charge is 2.03. The lowest BCUT2D eigenvalue weighted by molar-refractivity contribution is -0.137. The highest BCUT2D eigenvalue weighted by atomic mass is 16.4. The molecule has 1 aromatic heterocycles. The van der Waals surface area contributed by atoms with E-state index in [2.05, 4.69) is 17.1 Å². The Morgan fingerprint density at radius 3 is 2.31 bits per heavy atom. The molecule has 26 heavy (non-hydrogen) atoms. The fourth-order valence-electron chi connectivity index (χ4n) is 2.88. The summed E-state index contributed by atoms with van der Waals surface area (Å²) in [5.74, 6) is -0.718. The number of aliphatic carboxylic acids is 1. The van der Waals surface area contributed by atoms with E-state index in [9.17, 15) is 14.4 Å². The fraction of sp³-hybridized carbons (Fsp3) is 0.450. The van der Waals surface area contributed by atoms with Crippen LogP contribution in [-0.2, 0) is 17.8 Å². The first kappa shape index (κ1) is 19.7. The summed E-state index contributed by atoms with van der Waals surface area (Å²) in [6.45, 7) is 2.11. The predicted octanol–water partition coefficient (Wildman–Crippen LogP) is 2.86. The minimum Gasteiger partial charge on any atom is -0.481 e. The third kappa shape index (κ3) is 6.35. The van der Waals surface area contributed by atoms with Gasteiger partial charge in [0.15, 0.2) is 0 Å². The molecule has 1 heterocycles. The summed E-state index contributed by atoms with van der Waals surface area (Å²) in [6.07, 6.45) is 7.83. The molecular formula is C20H26N2O4. The van der Waals surface area contributed by atoms with Crippen LogP contribution in [0.4, 0.5) is 0 Å². The van der Waals surface area contributed by atoms with Crippen molar-refractivity contribution >= 4 is 5.97 Å². The lowest BCUT2D eigenvalue weighted by Gasteiger charge is -2.07. The van der Waals surface area contributed by atoms with Gasteiger partial charge >= 0.3 is 11.7 Å². The lowest BCUT2D eigenvalue weighted by Crippen LogP contribution is -2.31. The van der Waals surface area contributed by atoms with Crippen LogP contribution in [0.25, 0.3) is 0 Å². The quantitative estimate of drug-likeness (QED) is 0.639. The number of benzene rings is 1. The number of aromatic nitrogens is 2. The van der Waals surface area contributed by atoms with Crippen LogP contribution in [0.2, 0.25) is 0 Å². The van der Waals surface area contributed by atoms with E-state index in [-0.39, 0.29) is 12.0 Å². The first-order valence-corrected chi connectivity index (χ1v) is 9.05. The molecule has 0 fully saturated rings. The molecular weight excluding hydrogens is 332 g/mol. The zero-order valence-corrected chi connectivity index (χ0v) is 15.2. The van der Waals surface area contributed by atoms with E-state index in [1.807, 2.05) is 12.1 Å². The zero-order chi connectivity index (χ0) is 18.9. The molecule has 6 heteroatoms. The molecule has 0 radical (unpaired) electrons. The Balaban J connectivity index is 1.78. The van der Waals surface area contributed by atoms with Gasteiger partial charge in [0.1, 0.15) is 0 Å². The van der Waals surface area contributed by atoms with E-state index in [0.29, 0.717) is 12.1 Å². The average molecular weight is 358 g/mol. The van der Waals surface area contributed by atoms with Crippen LogP contribution < -0.4 is 11.2 Å². The second kappa shape index (κ2) is 9.75. The molecule has 0 saturated carbocycles. The molecule has 140 valence electrons. The Bertz CT molecular complexity index is 834. The summed E-state index contributed by atoms with van der Waals surface area (Å²) in [5, 5.41) is 8.59. The van der Waals surface area contributed by atoms with Gasteiger partial charge in [-0.25, -0.2) is 4.79 Å². The van der Waals surface area contributed by atoms with E-state index in [0.717, 1.165) is 44.1 Å². The molecule has 0 atom stereocenters. The van der Waals surface area contributed by atoms with Crippen molar-refractivity contribution < 1.29 is 9.90 Å². The molecule has 0 aliphatic rings. The fourth-order valence-corrected chi connectivity index (χ4v) is 2.88. The minimum atomic E-state index is -0.718. The van der Waals surface area contributed by atoms with Gasteiger partial charge in [-0.15, -0.1) is 0 Å². The maximum absolute atomic E-state index is 11.8. The third-order valence-electron chi connectivity index (χ3n) is 4.42. The molecule has 0 aliphatic carbocycles. The number of nitrogens with zero attached hydrogens (tertiary/aromatic N) is 1. The van der Waals surface area contributed by atoms with Crippen molar-refractivity contribution in [3.8, 4) is 0 Å². The van der Waals surface area contributed by atoms with Gasteiger partial charge in [-0.1, -0.05) is 43.5 Å². The number of carbonyl (C=O) groups is 1. The Morgan fingerprint density at radius 1 is 1.00 bits per heavy atom. The number of aryl methyl sites for hydroxylation is 2. The smallest absolute Gasteiger partial charge is 0.328 e. The van der Waals surface area contributed by atoms with Crippen molar-refractivity contribution in [2.24, 2.45) is 0 Å². The predicted molar refractivity (Wildman–Crippen MR) is 101 cm³/mol. The highest BCUT2D eigenvalue weighted by Crippen LogP contribution is 2.11. The number of H-pyrrole nitrogens is 1. The monoisotopic (exact) mass is 358 g/mol. The van der Waals surface area contributed by atoms with Crippen LogP contribution in [0.3, 0.4) is 0 Å². The van der Waals surface area contributed by atoms with Gasteiger partial charge in [0, 0.05) is 18.2 Å². The molecule has 0 unspecified atom stereocenters. The Labute approximate surface area is 152 Å². The van der Waals surface area contributed by atoms with E-state index in [4.69, 9.17) is 5.11 Å². The number of carboxylic acid groups (broad SMARTS) is 1. The Hall–Kier alpha value is -2.63. The molecule has 2 rings (SSSR count). The number of hydrogen-bond donors (Lipinski definition) is 2. The standard InChI is InChI=1S/C20H26N2O4/c1-15-13-22(20(26)21-19(15)25)14-17-11-9-16(10-12-17)7-5-3-2-4-6-8-18(23)24/h9-13H,2-8,14H2,1H3,(H,23,24)(H,21,25,26). The van der Waals surface area contributed by atoms with Crippen LogP contribution in [0, 0.1) is 6.92 Å². The molecule has 0 aliphatic heterocycles. The van der Waals surface area contributed by atoms with Gasteiger partial charge in [0.25, 0.3) is 5.56 Å². The zero-order valence-electron chi connectivity index (χ0n) is 15.2. The first-order chi connectivity index (χ1) is 12.5. The largest absolute Gasteiger partial charge is 0.481 e. The average Bonchev–Trinajstić information content (AvgIpc) is 2.60. The second-order valence-corrected chi connectivity index (χ2v) is 6.68. The number of hydrogen-bond acceptors (Lipinski definition) is 3. The number of aromatic amines is 1. The molecule has 0 saturated heterocycles. The van der Waals surface area contributed by atoms with E-state index in [1.165, 1.54) is 10.1 Å². The maximum atomic E-state index is 11.8. The number of nitrogens with one attached hydrogen (secondary N) is 1. The van der Waals surface area contributed by atoms with Crippen molar-refractivity contribution in [3.05, 3.63) is 68.0 Å². The molecule has 2 aromatic rings. The normalized spacial score (nSPS) is 10.8. The van der Waals surface area contributed by atoms with Crippen LogP contribution in [0.15, 0.2) is 40.1 Å². The summed E-state index contributed by atoms with van der Waals surface area (Å²) in [6, 6.07) is 8.16. The number of carboxylic acids is 1. The topological polar surface area (TPSA) is 92.2 Å². The second-order valence-electron chi connectivity index (χ2n) is 6.68. The van der Waals surface area contributed by atoms with Crippen molar-refractivity contribution in [1.29, 1.82) is 0 Å². The van der Waals surface area contributed by atoms with Crippen molar-refractivity contribution in [2.45, 2.75) is 58.4 Å². The summed E-state index contributed by atoms with van der Waals surface area (Å²) in [7, 11) is 0. The van der Waals surface area contributed by atoms with Crippen molar-refractivity contribution in [1.82, 2.24) is 9.55 Å². The van der Waals surface area contributed by atoms with Gasteiger partial charge in [-0.05, 0) is 37.3 Å². The SMILES string of the molecule is Cc1cn(Cc2ccc(CCCCCCCC(=O)O)cc2)c(=O)[nH]c1=O. The summed E-state index contributed by atoms with van der Waals surface area (Å²) in [5.41, 5.74) is 2.04. The van der Waals surface area contributed by atoms with E-state index < -0.39 is 11.7 Å². The lowest BCUT2D eigenvalue weighted by atomic mass is 10.0. The first-order valence-electron chi connectivity index (χ1n) is 9.05. The third-order valence-corrected chi connectivity index (χ3v) is 4.42. The van der Waals surface area contributed by atoms with Crippen molar-refractivity contribution in [2.75, 3.05) is 0 Å². The molecule has 0 amide bonds. The van der Waals surface area contributed by atoms with Crippen LogP contribution in [-0.4, -0.2) is 20.6 Å². The van der Waals surface area contributed by atoms with Gasteiger partial charge in [0.2, 0.25) is 0 Å². The Morgan fingerprint density at radius 2 is 1.62 bits per heavy atom. The minimum absolute atomic E-state index is 0.263. The van der Waals surface area contributed by atoms with Gasteiger partial charge in [0.05, 0.1) is 6.54 Å². The maximum Gasteiger partial charge on any atom is 0.328 e. The molecule has 6 nitrogen and oxygen atoms in total. The summed E-state index contributed by atoms with van der Waals surface area (Å²) < 4.78 is 1.50. The van der Waals surface area contributed by atoms with Crippen LogP contribution in [0.5, 0.6) is 0 Å². The van der Waals surface area contributed by atoms with Gasteiger partial charge in [-0.3, -0.25) is 19.1 Å². The number of unbranched alkanes of at least 4 members (excludes halogenated alkanes) is 4. The molecule has 1 aromatic carbocycles. The van der Waals surface area contributed by atoms with Crippen molar-refractivity contribution in [3.63, 3.8) is 0 Å². The van der Waals surface area contributed by atoms with Gasteiger partial charge in [-0.2, -0.15) is 0 Å². The van der Waals surface area contributed by atoms with Crippen LogP contribution >= 0.6 is 0 Å². The highest BCUT2D eigenvalue weighted by molar-refractivity contribution is 5.66. The van der Waals surface area contributed by atoms with Crippen LogP contribution in [0.1, 0.15) is 55.2 Å². The number of rotatable bonds is 10. The van der Waals surface area contributed by atoms with E-state index >= 15 is 0 Å². The summed E-state index contributed by atoms with van der Waals surface area (Å²) >= 11 is 0. The van der Waals surface area contributed by atoms with Gasteiger partial charge < -0.3 is 5.11 Å². The molecule has 0 bridgehead atoms. The Kier molecular flexibility index (Phi) is 7.38.